The molecule has 2 rings (SSSR count). The van der Waals surface area contributed by atoms with Gasteiger partial charge in [-0.15, -0.1) is 0 Å². The average Bonchev–Trinajstić information content (AvgIpc) is 3.09. The molecule has 0 aromatic heterocycles. The Morgan fingerprint density at radius 3 is 2.56 bits per heavy atom. The van der Waals surface area contributed by atoms with Gasteiger partial charge in [-0.2, -0.15) is 4.99 Å². The van der Waals surface area contributed by atoms with E-state index in [2.05, 4.69) is 34.8 Å². The first-order chi connectivity index (χ1) is 8.54. The Kier molecular flexibility index (Phi) is 3.60. The molecular formula is C14H16BrNO2. The second kappa shape index (κ2) is 4.87. The van der Waals surface area contributed by atoms with Gasteiger partial charge >= 0.3 is 0 Å². The van der Waals surface area contributed by atoms with Gasteiger partial charge in [0.25, 0.3) is 0 Å². The maximum atomic E-state index is 10.5. The van der Waals surface area contributed by atoms with Gasteiger partial charge in [0.2, 0.25) is 6.08 Å². The van der Waals surface area contributed by atoms with Crippen LogP contribution in [0, 0.1) is 0 Å². The van der Waals surface area contributed by atoms with Gasteiger partial charge in [0.05, 0.1) is 7.11 Å². The smallest absolute Gasteiger partial charge is 0.235 e. The fourth-order valence-corrected chi connectivity index (χ4v) is 2.99. The van der Waals surface area contributed by atoms with E-state index in [0.717, 1.165) is 28.6 Å². The quantitative estimate of drug-likeness (QED) is 0.625. The van der Waals surface area contributed by atoms with Gasteiger partial charge in [0.1, 0.15) is 11.3 Å². The average molecular weight is 310 g/mol. The van der Waals surface area contributed by atoms with E-state index in [9.17, 15) is 4.79 Å². The van der Waals surface area contributed by atoms with E-state index in [-0.39, 0.29) is 0 Å². The molecule has 1 saturated carbocycles. The highest BCUT2D eigenvalue weighted by molar-refractivity contribution is 9.10. The molecule has 0 saturated heterocycles. The summed E-state index contributed by atoms with van der Waals surface area (Å²) >= 11 is 3.59. The lowest BCUT2D eigenvalue weighted by molar-refractivity contribution is 0.403. The van der Waals surface area contributed by atoms with Gasteiger partial charge in [-0.1, -0.05) is 29.8 Å². The largest absolute Gasteiger partial charge is 0.496 e. The third kappa shape index (κ3) is 2.23. The first-order valence-corrected chi connectivity index (χ1v) is 6.80. The maximum Gasteiger partial charge on any atom is 0.235 e. The maximum absolute atomic E-state index is 10.5. The van der Waals surface area contributed by atoms with Gasteiger partial charge in [0, 0.05) is 10.0 Å². The van der Waals surface area contributed by atoms with Gasteiger partial charge in [0.15, 0.2) is 0 Å². The Morgan fingerprint density at radius 1 is 1.44 bits per heavy atom. The first kappa shape index (κ1) is 13.3. The van der Waals surface area contributed by atoms with Crippen LogP contribution in [0.15, 0.2) is 21.6 Å². The summed E-state index contributed by atoms with van der Waals surface area (Å²) in [5.41, 5.74) is 1.77. The molecule has 1 aliphatic rings. The van der Waals surface area contributed by atoms with E-state index in [1.807, 2.05) is 12.1 Å². The Hall–Kier alpha value is -1.12. The topological polar surface area (TPSA) is 38.7 Å². The van der Waals surface area contributed by atoms with Crippen LogP contribution in [0.1, 0.15) is 43.7 Å². The van der Waals surface area contributed by atoms with Crippen LogP contribution in [0.4, 0.5) is 0 Å². The minimum absolute atomic E-state index is 0.398. The van der Waals surface area contributed by atoms with Crippen LogP contribution in [0.5, 0.6) is 5.75 Å². The van der Waals surface area contributed by atoms with E-state index in [1.165, 1.54) is 5.56 Å². The van der Waals surface area contributed by atoms with Crippen molar-refractivity contribution in [2.75, 3.05) is 7.11 Å². The van der Waals surface area contributed by atoms with Crippen molar-refractivity contribution in [1.82, 2.24) is 0 Å². The molecule has 3 nitrogen and oxygen atoms in total. The molecule has 0 N–H and O–H groups in total. The van der Waals surface area contributed by atoms with E-state index >= 15 is 0 Å². The number of carbonyl (C=O) groups excluding carboxylic acids is 1. The second-order valence-electron chi connectivity index (χ2n) is 4.96. The van der Waals surface area contributed by atoms with E-state index in [4.69, 9.17) is 4.74 Å². The molecule has 96 valence electrons. The normalized spacial score (nSPS) is 16.3. The highest BCUT2D eigenvalue weighted by atomic mass is 79.9. The number of ether oxygens (including phenoxy) is 1. The molecule has 0 heterocycles. The lowest BCUT2D eigenvalue weighted by Gasteiger charge is -2.18. The SMILES string of the molecule is COc1cc(C(C)C)c(Br)cc1C1(N=C=O)CC1. The first-order valence-electron chi connectivity index (χ1n) is 6.01. The number of rotatable bonds is 4. The summed E-state index contributed by atoms with van der Waals surface area (Å²) in [6.45, 7) is 4.27. The Balaban J connectivity index is 2.55. The summed E-state index contributed by atoms with van der Waals surface area (Å²) in [4.78, 5) is 14.5. The molecule has 4 heteroatoms. The molecule has 1 aromatic rings. The molecule has 0 amide bonds. The van der Waals surface area contributed by atoms with Crippen molar-refractivity contribution in [2.45, 2.75) is 38.1 Å². The Labute approximate surface area is 115 Å². The third-order valence-electron chi connectivity index (χ3n) is 3.43. The molecule has 1 aromatic carbocycles. The highest BCUT2D eigenvalue weighted by Gasteiger charge is 2.47. The fourth-order valence-electron chi connectivity index (χ4n) is 2.19. The number of hydrogen-bond donors (Lipinski definition) is 0. The van der Waals surface area contributed by atoms with Gasteiger partial charge in [-0.25, -0.2) is 4.79 Å². The van der Waals surface area contributed by atoms with Gasteiger partial charge < -0.3 is 4.74 Å². The van der Waals surface area contributed by atoms with E-state index in [1.54, 1.807) is 13.2 Å². The summed E-state index contributed by atoms with van der Waals surface area (Å²) in [5.74, 6) is 1.21. The lowest BCUT2D eigenvalue weighted by Crippen LogP contribution is -2.06. The summed E-state index contributed by atoms with van der Waals surface area (Å²) in [6.07, 6.45) is 3.44. The van der Waals surface area contributed by atoms with Crippen molar-refractivity contribution in [3.05, 3.63) is 27.7 Å². The zero-order valence-electron chi connectivity index (χ0n) is 10.8. The van der Waals surface area contributed by atoms with Crippen LogP contribution in [-0.4, -0.2) is 13.2 Å². The number of isocyanates is 1. The van der Waals surface area contributed by atoms with Crippen LogP contribution < -0.4 is 4.74 Å². The monoisotopic (exact) mass is 309 g/mol. The lowest BCUT2D eigenvalue weighted by atomic mass is 9.97. The van der Waals surface area contributed by atoms with Crippen molar-refractivity contribution in [3.8, 4) is 5.75 Å². The second-order valence-corrected chi connectivity index (χ2v) is 5.82. The molecule has 0 atom stereocenters. The zero-order chi connectivity index (χ0) is 13.3. The predicted molar refractivity (Wildman–Crippen MR) is 73.8 cm³/mol. The number of aliphatic imine (C=N–C) groups is 1. The van der Waals surface area contributed by atoms with Gasteiger partial charge in [-0.3, -0.25) is 0 Å². The van der Waals surface area contributed by atoms with E-state index < -0.39 is 5.54 Å². The number of methoxy groups -OCH3 is 1. The number of hydrogen-bond acceptors (Lipinski definition) is 3. The van der Waals surface area contributed by atoms with Crippen molar-refractivity contribution >= 4 is 22.0 Å². The van der Waals surface area contributed by atoms with Crippen LogP contribution in [0.3, 0.4) is 0 Å². The predicted octanol–water partition coefficient (Wildman–Crippen LogP) is 3.91. The molecule has 0 unspecified atom stereocenters. The summed E-state index contributed by atoms with van der Waals surface area (Å²) in [5, 5.41) is 0. The number of nitrogens with zero attached hydrogens (tertiary/aromatic N) is 1. The minimum atomic E-state index is -0.398. The molecule has 0 bridgehead atoms. The third-order valence-corrected chi connectivity index (χ3v) is 4.11. The molecule has 1 aliphatic carbocycles. The molecular weight excluding hydrogens is 294 g/mol. The number of halogens is 1. The molecule has 0 aliphatic heterocycles. The Bertz CT molecular complexity index is 515. The van der Waals surface area contributed by atoms with Crippen LogP contribution >= 0.6 is 15.9 Å². The van der Waals surface area contributed by atoms with Crippen LogP contribution in [-0.2, 0) is 10.3 Å². The molecule has 18 heavy (non-hydrogen) atoms. The van der Waals surface area contributed by atoms with Crippen molar-refractivity contribution in [3.63, 3.8) is 0 Å². The van der Waals surface area contributed by atoms with Crippen molar-refractivity contribution in [2.24, 2.45) is 4.99 Å². The molecule has 0 radical (unpaired) electrons. The summed E-state index contributed by atoms with van der Waals surface area (Å²) in [7, 11) is 1.65. The fraction of sp³-hybridized carbons (Fsp3) is 0.500. The molecule has 0 spiro atoms. The standard InChI is InChI=1S/C14H16BrNO2/c1-9(2)10-6-13(18-3)11(7-12(10)15)14(4-5-14)16-8-17/h6-7,9H,4-5H2,1-3H3. The summed E-state index contributed by atoms with van der Waals surface area (Å²) in [6, 6.07) is 4.06. The highest BCUT2D eigenvalue weighted by Crippen LogP contribution is 2.53. The van der Waals surface area contributed by atoms with Crippen LogP contribution in [0.25, 0.3) is 0 Å². The van der Waals surface area contributed by atoms with E-state index in [0.29, 0.717) is 5.92 Å². The Morgan fingerprint density at radius 2 is 2.11 bits per heavy atom. The minimum Gasteiger partial charge on any atom is -0.496 e. The van der Waals surface area contributed by atoms with Crippen LogP contribution in [0.2, 0.25) is 0 Å². The van der Waals surface area contributed by atoms with Crippen molar-refractivity contribution < 1.29 is 9.53 Å². The summed E-state index contributed by atoms with van der Waals surface area (Å²) < 4.78 is 6.50. The van der Waals surface area contributed by atoms with Gasteiger partial charge in [-0.05, 0) is 36.5 Å². The number of benzene rings is 1. The molecule has 1 fully saturated rings. The zero-order valence-corrected chi connectivity index (χ0v) is 12.4. The van der Waals surface area contributed by atoms with Crippen molar-refractivity contribution in [1.29, 1.82) is 0 Å².